The van der Waals surface area contributed by atoms with Crippen LogP contribution >= 0.6 is 0 Å². The molecule has 142 valence electrons. The number of hydrogen-bond donors (Lipinski definition) is 1. The van der Waals surface area contributed by atoms with Crippen molar-refractivity contribution < 1.29 is 4.74 Å². The van der Waals surface area contributed by atoms with E-state index in [1.54, 1.807) is 10.7 Å². The van der Waals surface area contributed by atoms with Crippen molar-refractivity contribution in [3.8, 4) is 11.5 Å². The molecule has 0 saturated carbocycles. The summed E-state index contributed by atoms with van der Waals surface area (Å²) in [7, 11) is 0. The third-order valence-electron chi connectivity index (χ3n) is 4.58. The fraction of sp³-hybridized carbons (Fsp3) is 0.0952. The SMILES string of the molecule is Cc1cc2c(Nc3ccc(Oc4ccn5ncnc5c4)c(C)c3)ncnc2cn1. The molecule has 0 unspecified atom stereocenters. The highest BCUT2D eigenvalue weighted by molar-refractivity contribution is 5.90. The summed E-state index contributed by atoms with van der Waals surface area (Å²) in [5, 5.41) is 8.39. The Hall–Kier alpha value is -4.07. The quantitative estimate of drug-likeness (QED) is 0.497. The molecule has 0 aliphatic carbocycles. The van der Waals surface area contributed by atoms with Crippen LogP contribution in [0.1, 0.15) is 11.3 Å². The maximum absolute atomic E-state index is 6.04. The van der Waals surface area contributed by atoms with Crippen molar-refractivity contribution in [2.24, 2.45) is 0 Å². The molecule has 0 aliphatic rings. The Labute approximate surface area is 166 Å². The van der Waals surface area contributed by atoms with E-state index in [0.29, 0.717) is 5.75 Å². The first kappa shape index (κ1) is 17.1. The van der Waals surface area contributed by atoms with Gasteiger partial charge in [-0.15, -0.1) is 0 Å². The van der Waals surface area contributed by atoms with Crippen LogP contribution in [0.15, 0.2) is 61.4 Å². The predicted octanol–water partition coefficient (Wildman–Crippen LogP) is 4.22. The molecule has 0 fully saturated rings. The van der Waals surface area contributed by atoms with Gasteiger partial charge in [0.25, 0.3) is 0 Å². The molecule has 8 nitrogen and oxygen atoms in total. The van der Waals surface area contributed by atoms with Crippen molar-refractivity contribution in [1.29, 1.82) is 0 Å². The van der Waals surface area contributed by atoms with Gasteiger partial charge in [0.2, 0.25) is 0 Å². The summed E-state index contributed by atoms with van der Waals surface area (Å²) in [5.74, 6) is 2.22. The highest BCUT2D eigenvalue weighted by Gasteiger charge is 2.08. The summed E-state index contributed by atoms with van der Waals surface area (Å²) in [6.45, 7) is 3.95. The molecule has 0 bridgehead atoms. The Bertz CT molecular complexity index is 1350. The maximum atomic E-state index is 6.04. The number of rotatable bonds is 4. The Morgan fingerprint density at radius 1 is 0.931 bits per heavy atom. The summed E-state index contributed by atoms with van der Waals surface area (Å²) < 4.78 is 7.73. The lowest BCUT2D eigenvalue weighted by atomic mass is 10.2. The van der Waals surface area contributed by atoms with E-state index in [2.05, 4.69) is 30.4 Å². The van der Waals surface area contributed by atoms with Crippen LogP contribution in [-0.2, 0) is 0 Å². The number of nitrogens with zero attached hydrogens (tertiary/aromatic N) is 6. The second-order valence-electron chi connectivity index (χ2n) is 6.70. The third kappa shape index (κ3) is 3.31. The Morgan fingerprint density at radius 3 is 2.76 bits per heavy atom. The second kappa shape index (κ2) is 6.83. The highest BCUT2D eigenvalue weighted by Crippen LogP contribution is 2.30. The van der Waals surface area contributed by atoms with E-state index in [1.807, 2.05) is 56.4 Å². The summed E-state index contributed by atoms with van der Waals surface area (Å²) in [5.41, 5.74) is 4.36. The van der Waals surface area contributed by atoms with E-state index in [0.717, 1.165) is 45.1 Å². The molecule has 0 spiro atoms. The molecule has 0 amide bonds. The zero-order valence-electron chi connectivity index (χ0n) is 15.9. The van der Waals surface area contributed by atoms with Crippen LogP contribution in [0.5, 0.6) is 11.5 Å². The molecule has 0 aliphatic heterocycles. The van der Waals surface area contributed by atoms with Crippen LogP contribution in [0.4, 0.5) is 11.5 Å². The first-order chi connectivity index (χ1) is 14.2. The average molecular weight is 383 g/mol. The van der Waals surface area contributed by atoms with Gasteiger partial charge in [-0.3, -0.25) is 4.98 Å². The Balaban J connectivity index is 1.42. The third-order valence-corrected chi connectivity index (χ3v) is 4.58. The van der Waals surface area contributed by atoms with Gasteiger partial charge < -0.3 is 10.1 Å². The lowest BCUT2D eigenvalue weighted by Gasteiger charge is -2.12. The van der Waals surface area contributed by atoms with E-state index in [4.69, 9.17) is 4.74 Å². The number of ether oxygens (including phenoxy) is 1. The minimum absolute atomic E-state index is 0.707. The second-order valence-corrected chi connectivity index (χ2v) is 6.70. The summed E-state index contributed by atoms with van der Waals surface area (Å²) in [6, 6.07) is 11.6. The van der Waals surface area contributed by atoms with Gasteiger partial charge in [0, 0.05) is 29.0 Å². The van der Waals surface area contributed by atoms with Gasteiger partial charge in [0.1, 0.15) is 30.0 Å². The molecule has 29 heavy (non-hydrogen) atoms. The van der Waals surface area contributed by atoms with E-state index < -0.39 is 0 Å². The van der Waals surface area contributed by atoms with Gasteiger partial charge in [-0.25, -0.2) is 19.5 Å². The zero-order chi connectivity index (χ0) is 19.8. The van der Waals surface area contributed by atoms with Crippen molar-refractivity contribution in [2.45, 2.75) is 13.8 Å². The van der Waals surface area contributed by atoms with Gasteiger partial charge in [-0.2, -0.15) is 5.10 Å². The Kier molecular flexibility index (Phi) is 4.02. The van der Waals surface area contributed by atoms with Crippen LogP contribution in [0.25, 0.3) is 16.6 Å². The highest BCUT2D eigenvalue weighted by atomic mass is 16.5. The molecular weight excluding hydrogens is 366 g/mol. The van der Waals surface area contributed by atoms with Gasteiger partial charge in [0.15, 0.2) is 5.65 Å². The minimum atomic E-state index is 0.707. The first-order valence-corrected chi connectivity index (χ1v) is 9.08. The first-order valence-electron chi connectivity index (χ1n) is 9.08. The van der Waals surface area contributed by atoms with Crippen LogP contribution < -0.4 is 10.1 Å². The standard InChI is InChI=1S/C21H17N7O/c1-13-7-15(27-21-17-8-14(2)22-10-18(17)23-11-25-21)3-4-19(13)29-16-5-6-28-20(9-16)24-12-26-28/h3-12H,1-2H3,(H,23,25,27). The molecule has 0 atom stereocenters. The molecule has 0 radical (unpaired) electrons. The number of fused-ring (bicyclic) bond motifs is 2. The molecule has 5 aromatic rings. The van der Waals surface area contributed by atoms with Crippen molar-refractivity contribution in [2.75, 3.05) is 5.32 Å². The molecule has 8 heteroatoms. The van der Waals surface area contributed by atoms with E-state index in [9.17, 15) is 0 Å². The molecule has 1 N–H and O–H groups in total. The van der Waals surface area contributed by atoms with Gasteiger partial charge >= 0.3 is 0 Å². The zero-order valence-corrected chi connectivity index (χ0v) is 15.9. The minimum Gasteiger partial charge on any atom is -0.457 e. The average Bonchev–Trinajstić information content (AvgIpc) is 3.18. The number of aromatic nitrogens is 6. The number of nitrogens with one attached hydrogen (secondary N) is 1. The van der Waals surface area contributed by atoms with E-state index >= 15 is 0 Å². The number of pyridine rings is 2. The topological polar surface area (TPSA) is 90.1 Å². The Morgan fingerprint density at radius 2 is 1.86 bits per heavy atom. The lowest BCUT2D eigenvalue weighted by Crippen LogP contribution is -1.98. The molecule has 1 aromatic carbocycles. The number of benzene rings is 1. The fourth-order valence-corrected chi connectivity index (χ4v) is 3.13. The van der Waals surface area contributed by atoms with Crippen LogP contribution in [-0.4, -0.2) is 29.5 Å². The largest absolute Gasteiger partial charge is 0.457 e. The monoisotopic (exact) mass is 383 g/mol. The van der Waals surface area contributed by atoms with Crippen LogP contribution in [0.2, 0.25) is 0 Å². The van der Waals surface area contributed by atoms with Crippen molar-refractivity contribution >= 4 is 28.1 Å². The van der Waals surface area contributed by atoms with Crippen LogP contribution in [0.3, 0.4) is 0 Å². The molecule has 4 heterocycles. The van der Waals surface area contributed by atoms with Gasteiger partial charge in [-0.05, 0) is 49.7 Å². The number of anilines is 2. The molecular formula is C21H17N7O. The molecule has 0 saturated heterocycles. The number of aryl methyl sites for hydroxylation is 2. The van der Waals surface area contributed by atoms with Crippen molar-refractivity contribution in [3.05, 3.63) is 72.7 Å². The summed E-state index contributed by atoms with van der Waals surface area (Å²) >= 11 is 0. The van der Waals surface area contributed by atoms with Crippen LogP contribution in [0, 0.1) is 13.8 Å². The summed E-state index contributed by atoms with van der Waals surface area (Å²) in [4.78, 5) is 17.1. The molecule has 4 aromatic heterocycles. The van der Waals surface area contributed by atoms with E-state index in [1.165, 1.54) is 12.7 Å². The lowest BCUT2D eigenvalue weighted by molar-refractivity contribution is 0.478. The van der Waals surface area contributed by atoms with Crippen molar-refractivity contribution in [3.63, 3.8) is 0 Å². The molecule has 5 rings (SSSR count). The smallest absolute Gasteiger partial charge is 0.158 e. The fourth-order valence-electron chi connectivity index (χ4n) is 3.13. The number of hydrogen-bond acceptors (Lipinski definition) is 7. The summed E-state index contributed by atoms with van der Waals surface area (Å²) in [6.07, 6.45) is 6.62. The predicted molar refractivity (Wildman–Crippen MR) is 110 cm³/mol. The normalized spacial score (nSPS) is 11.1. The van der Waals surface area contributed by atoms with Gasteiger partial charge in [0.05, 0.1) is 11.7 Å². The van der Waals surface area contributed by atoms with E-state index in [-0.39, 0.29) is 0 Å². The maximum Gasteiger partial charge on any atom is 0.158 e. The van der Waals surface area contributed by atoms with Gasteiger partial charge in [-0.1, -0.05) is 0 Å². The van der Waals surface area contributed by atoms with Crippen molar-refractivity contribution in [1.82, 2.24) is 29.5 Å².